The first-order valence-electron chi connectivity index (χ1n) is 8.32. The highest BCUT2D eigenvalue weighted by atomic mass is 16.5. The summed E-state index contributed by atoms with van der Waals surface area (Å²) in [4.78, 5) is 12.2. The van der Waals surface area contributed by atoms with Gasteiger partial charge >= 0.3 is 0 Å². The van der Waals surface area contributed by atoms with Gasteiger partial charge in [-0.25, -0.2) is 0 Å². The average molecular weight is 326 g/mol. The lowest BCUT2D eigenvalue weighted by molar-refractivity contribution is -0.116. The van der Waals surface area contributed by atoms with E-state index in [9.17, 15) is 4.79 Å². The van der Waals surface area contributed by atoms with Gasteiger partial charge in [0.2, 0.25) is 5.91 Å². The lowest BCUT2D eigenvalue weighted by atomic mass is 10.1. The Morgan fingerprint density at radius 3 is 2.58 bits per heavy atom. The predicted molar refractivity (Wildman–Crippen MR) is 99.9 cm³/mol. The van der Waals surface area contributed by atoms with Crippen LogP contribution in [0.15, 0.2) is 42.5 Å². The van der Waals surface area contributed by atoms with Gasteiger partial charge in [0.15, 0.2) is 0 Å². The van der Waals surface area contributed by atoms with E-state index < -0.39 is 0 Å². The topological polar surface area (TPSA) is 50.4 Å². The maximum absolute atomic E-state index is 12.2. The number of carbonyl (C=O) groups excluding carboxylic acids is 1. The lowest BCUT2D eigenvalue weighted by Gasteiger charge is -2.15. The van der Waals surface area contributed by atoms with E-state index in [2.05, 4.69) is 42.7 Å². The second kappa shape index (κ2) is 8.39. The van der Waals surface area contributed by atoms with Crippen LogP contribution in [0.5, 0.6) is 5.75 Å². The second-order valence-electron chi connectivity index (χ2n) is 6.21. The first kappa shape index (κ1) is 17.9. The molecule has 2 N–H and O–H groups in total. The van der Waals surface area contributed by atoms with Crippen LogP contribution in [-0.2, 0) is 4.79 Å². The van der Waals surface area contributed by atoms with E-state index in [0.29, 0.717) is 24.4 Å². The van der Waals surface area contributed by atoms with Gasteiger partial charge in [0.1, 0.15) is 5.75 Å². The monoisotopic (exact) mass is 326 g/mol. The number of anilines is 2. The van der Waals surface area contributed by atoms with E-state index in [4.69, 9.17) is 4.74 Å². The number of hydrogen-bond donors (Lipinski definition) is 2. The Morgan fingerprint density at radius 2 is 1.83 bits per heavy atom. The van der Waals surface area contributed by atoms with Crippen LogP contribution in [0.1, 0.15) is 31.4 Å². The Kier molecular flexibility index (Phi) is 6.24. The molecule has 0 unspecified atom stereocenters. The molecular weight excluding hydrogens is 300 g/mol. The van der Waals surface area contributed by atoms with Gasteiger partial charge in [-0.3, -0.25) is 4.79 Å². The van der Waals surface area contributed by atoms with Crippen molar-refractivity contribution in [3.8, 4) is 5.75 Å². The molecule has 4 heteroatoms. The van der Waals surface area contributed by atoms with Crippen molar-refractivity contribution in [3.63, 3.8) is 0 Å². The van der Waals surface area contributed by atoms with Crippen molar-refractivity contribution >= 4 is 17.3 Å². The van der Waals surface area contributed by atoms with Gasteiger partial charge in [0, 0.05) is 18.7 Å². The van der Waals surface area contributed by atoms with Gasteiger partial charge in [-0.15, -0.1) is 0 Å². The van der Waals surface area contributed by atoms with Crippen LogP contribution in [0, 0.1) is 13.8 Å². The summed E-state index contributed by atoms with van der Waals surface area (Å²) in [6.45, 7) is 8.63. The van der Waals surface area contributed by atoms with Crippen molar-refractivity contribution in [1.29, 1.82) is 0 Å². The van der Waals surface area contributed by atoms with E-state index in [0.717, 1.165) is 5.69 Å². The molecule has 2 aromatic carbocycles. The summed E-state index contributed by atoms with van der Waals surface area (Å²) in [5.41, 5.74) is 4.17. The molecule has 0 saturated carbocycles. The molecule has 0 radical (unpaired) electrons. The molecule has 0 heterocycles. The number of nitrogens with one attached hydrogen (secondary N) is 2. The van der Waals surface area contributed by atoms with Gasteiger partial charge in [-0.05, 0) is 57.0 Å². The van der Waals surface area contributed by atoms with Crippen LogP contribution >= 0.6 is 0 Å². The zero-order valence-corrected chi connectivity index (χ0v) is 14.8. The molecule has 0 atom stereocenters. The van der Waals surface area contributed by atoms with Gasteiger partial charge in [0.25, 0.3) is 0 Å². The van der Waals surface area contributed by atoms with Crippen molar-refractivity contribution in [2.24, 2.45) is 0 Å². The van der Waals surface area contributed by atoms with Crippen molar-refractivity contribution in [2.45, 2.75) is 40.2 Å². The minimum Gasteiger partial charge on any atom is -0.489 e. The number of aryl methyl sites for hydroxylation is 2. The van der Waals surface area contributed by atoms with Gasteiger partial charge < -0.3 is 15.4 Å². The molecule has 0 aliphatic heterocycles. The van der Waals surface area contributed by atoms with Crippen molar-refractivity contribution in [2.75, 3.05) is 17.2 Å². The van der Waals surface area contributed by atoms with E-state index in [1.807, 2.05) is 38.1 Å². The third-order valence-corrected chi connectivity index (χ3v) is 3.58. The molecule has 0 aliphatic carbocycles. The fourth-order valence-corrected chi connectivity index (χ4v) is 2.38. The minimum absolute atomic E-state index is 0.0346. The highest BCUT2D eigenvalue weighted by Crippen LogP contribution is 2.25. The number of hydrogen-bond acceptors (Lipinski definition) is 3. The van der Waals surface area contributed by atoms with Crippen molar-refractivity contribution in [1.82, 2.24) is 0 Å². The maximum Gasteiger partial charge on any atom is 0.226 e. The van der Waals surface area contributed by atoms with Gasteiger partial charge in [-0.2, -0.15) is 0 Å². The first-order valence-corrected chi connectivity index (χ1v) is 8.32. The second-order valence-corrected chi connectivity index (χ2v) is 6.21. The van der Waals surface area contributed by atoms with Crippen LogP contribution in [0.25, 0.3) is 0 Å². The molecular formula is C20H26N2O2. The molecule has 0 aliphatic rings. The fourth-order valence-electron chi connectivity index (χ4n) is 2.38. The Balaban J connectivity index is 1.89. The largest absolute Gasteiger partial charge is 0.489 e. The Hall–Kier alpha value is -2.49. The number of carbonyl (C=O) groups is 1. The number of ether oxygens (including phenoxy) is 1. The molecule has 128 valence electrons. The molecule has 24 heavy (non-hydrogen) atoms. The van der Waals surface area contributed by atoms with E-state index >= 15 is 0 Å². The van der Waals surface area contributed by atoms with Crippen LogP contribution in [0.4, 0.5) is 11.4 Å². The molecule has 0 spiro atoms. The maximum atomic E-state index is 12.2. The smallest absolute Gasteiger partial charge is 0.226 e. The van der Waals surface area contributed by atoms with Gasteiger partial charge in [0.05, 0.1) is 11.8 Å². The van der Waals surface area contributed by atoms with Crippen LogP contribution in [0.2, 0.25) is 0 Å². The molecule has 2 rings (SSSR count). The Labute approximate surface area is 144 Å². The zero-order valence-electron chi connectivity index (χ0n) is 14.8. The molecule has 0 saturated heterocycles. The first-order chi connectivity index (χ1) is 11.5. The Morgan fingerprint density at radius 1 is 1.08 bits per heavy atom. The average Bonchev–Trinajstić information content (AvgIpc) is 2.52. The summed E-state index contributed by atoms with van der Waals surface area (Å²) in [6.07, 6.45) is 0.456. The lowest BCUT2D eigenvalue weighted by Crippen LogP contribution is -2.17. The molecule has 0 bridgehead atoms. The van der Waals surface area contributed by atoms with E-state index in [1.54, 1.807) is 0 Å². The standard InChI is InChI=1S/C20H26N2O2/c1-14(2)24-19-8-6-5-7-17(19)22-20(23)11-12-21-18-13-15(3)9-10-16(18)4/h5-10,13-14,21H,11-12H2,1-4H3,(H,22,23). The normalized spacial score (nSPS) is 10.5. The summed E-state index contributed by atoms with van der Waals surface area (Å²) < 4.78 is 5.72. The van der Waals surface area contributed by atoms with E-state index in [-0.39, 0.29) is 12.0 Å². The van der Waals surface area contributed by atoms with E-state index in [1.165, 1.54) is 11.1 Å². The fraction of sp³-hybridized carbons (Fsp3) is 0.350. The minimum atomic E-state index is -0.0346. The summed E-state index contributed by atoms with van der Waals surface area (Å²) in [6, 6.07) is 13.8. The van der Waals surface area contributed by atoms with Crippen LogP contribution in [0.3, 0.4) is 0 Å². The molecule has 4 nitrogen and oxygen atoms in total. The molecule has 1 amide bonds. The number of amides is 1. The highest BCUT2D eigenvalue weighted by Gasteiger charge is 2.09. The quantitative estimate of drug-likeness (QED) is 0.786. The number of benzene rings is 2. The summed E-state index contributed by atoms with van der Waals surface area (Å²) in [5, 5.41) is 6.25. The number of para-hydroxylation sites is 2. The molecule has 0 aromatic heterocycles. The van der Waals surface area contributed by atoms with Crippen molar-refractivity contribution < 1.29 is 9.53 Å². The Bertz CT molecular complexity index is 696. The predicted octanol–water partition coefficient (Wildman–Crippen LogP) is 4.53. The molecule has 2 aromatic rings. The number of rotatable bonds is 7. The zero-order chi connectivity index (χ0) is 17.5. The SMILES string of the molecule is Cc1ccc(C)c(NCCC(=O)Nc2ccccc2OC(C)C)c1. The summed E-state index contributed by atoms with van der Waals surface area (Å²) >= 11 is 0. The van der Waals surface area contributed by atoms with Crippen LogP contribution in [-0.4, -0.2) is 18.6 Å². The van der Waals surface area contributed by atoms with Crippen LogP contribution < -0.4 is 15.4 Å². The van der Waals surface area contributed by atoms with Crippen molar-refractivity contribution in [3.05, 3.63) is 53.6 Å². The van der Waals surface area contributed by atoms with Gasteiger partial charge in [-0.1, -0.05) is 24.3 Å². The third-order valence-electron chi connectivity index (χ3n) is 3.58. The molecule has 0 fully saturated rings. The summed E-state index contributed by atoms with van der Waals surface area (Å²) in [7, 11) is 0. The third kappa shape index (κ3) is 5.30. The highest BCUT2D eigenvalue weighted by molar-refractivity contribution is 5.92. The summed E-state index contributed by atoms with van der Waals surface area (Å²) in [5.74, 6) is 0.663.